The van der Waals surface area contributed by atoms with Crippen molar-refractivity contribution < 1.29 is 9.90 Å². The summed E-state index contributed by atoms with van der Waals surface area (Å²) < 4.78 is 1.42. The molecule has 7 heteroatoms. The summed E-state index contributed by atoms with van der Waals surface area (Å²) >= 11 is 0. The van der Waals surface area contributed by atoms with Gasteiger partial charge in [-0.25, -0.2) is 4.68 Å². The van der Waals surface area contributed by atoms with E-state index in [2.05, 4.69) is 10.00 Å². The van der Waals surface area contributed by atoms with Crippen LogP contribution in [0.4, 0.5) is 5.69 Å². The van der Waals surface area contributed by atoms with Crippen molar-refractivity contribution in [2.24, 2.45) is 5.92 Å². The number of aromatic nitrogens is 2. The number of fused-ring (bicyclic) bond motifs is 1. The Morgan fingerprint density at radius 3 is 2.30 bits per heavy atom. The average Bonchev–Trinajstić information content (AvgIpc) is 2.75. The van der Waals surface area contributed by atoms with Crippen LogP contribution in [0.25, 0.3) is 10.8 Å². The number of hydrogen-bond donors (Lipinski definition) is 1. The van der Waals surface area contributed by atoms with Crippen LogP contribution in [-0.4, -0.2) is 51.9 Å². The van der Waals surface area contributed by atoms with Crippen LogP contribution in [-0.2, 0) is 6.54 Å². The largest absolute Gasteiger partial charge is 0.506 e. The number of carbonyl (C=O) groups is 1. The molecule has 1 N–H and O–H groups in total. The van der Waals surface area contributed by atoms with Crippen molar-refractivity contribution in [3.05, 3.63) is 64.6 Å². The molecule has 3 aromatic rings. The molecular weight excluding hydrogens is 380 g/mol. The summed E-state index contributed by atoms with van der Waals surface area (Å²) in [7, 11) is 0. The van der Waals surface area contributed by atoms with E-state index in [4.69, 9.17) is 0 Å². The van der Waals surface area contributed by atoms with Gasteiger partial charge in [-0.15, -0.1) is 0 Å². The zero-order valence-electron chi connectivity index (χ0n) is 17.3. The second-order valence-corrected chi connectivity index (χ2v) is 8.04. The minimum Gasteiger partial charge on any atom is -0.506 e. The van der Waals surface area contributed by atoms with Gasteiger partial charge in [0.15, 0.2) is 5.69 Å². The normalized spacial score (nSPS) is 14.5. The highest BCUT2D eigenvalue weighted by Crippen LogP contribution is 2.27. The number of benzene rings is 2. The molecule has 1 amide bonds. The van der Waals surface area contributed by atoms with Crippen LogP contribution in [0.2, 0.25) is 0 Å². The lowest BCUT2D eigenvalue weighted by Crippen LogP contribution is -2.49. The third kappa shape index (κ3) is 3.75. The van der Waals surface area contributed by atoms with Crippen LogP contribution in [0.15, 0.2) is 53.3 Å². The Kier molecular flexibility index (Phi) is 5.44. The van der Waals surface area contributed by atoms with Gasteiger partial charge in [-0.2, -0.15) is 5.10 Å². The Hall–Kier alpha value is -3.35. The van der Waals surface area contributed by atoms with Crippen molar-refractivity contribution in [2.45, 2.75) is 20.4 Å². The summed E-state index contributed by atoms with van der Waals surface area (Å²) in [5.41, 5.74) is 0.931. The number of phenols is 1. The van der Waals surface area contributed by atoms with Crippen LogP contribution in [0.3, 0.4) is 0 Å². The molecule has 30 heavy (non-hydrogen) atoms. The van der Waals surface area contributed by atoms with Crippen LogP contribution in [0.1, 0.15) is 24.3 Å². The molecule has 1 aliphatic heterocycles. The van der Waals surface area contributed by atoms with Crippen molar-refractivity contribution in [1.29, 1.82) is 0 Å². The van der Waals surface area contributed by atoms with E-state index in [1.807, 2.05) is 38.1 Å². The van der Waals surface area contributed by atoms with E-state index < -0.39 is 0 Å². The van der Waals surface area contributed by atoms with E-state index in [0.29, 0.717) is 49.2 Å². The maximum absolute atomic E-state index is 13.4. The Balaban J connectivity index is 1.62. The number of anilines is 1. The molecule has 0 saturated carbocycles. The van der Waals surface area contributed by atoms with E-state index >= 15 is 0 Å². The first kappa shape index (κ1) is 19.9. The Morgan fingerprint density at radius 2 is 1.63 bits per heavy atom. The monoisotopic (exact) mass is 406 g/mol. The van der Waals surface area contributed by atoms with Crippen LogP contribution in [0, 0.1) is 5.92 Å². The van der Waals surface area contributed by atoms with Crippen molar-refractivity contribution in [3.63, 3.8) is 0 Å². The number of carbonyl (C=O) groups excluding carboxylic acids is 1. The minimum absolute atomic E-state index is 0.166. The van der Waals surface area contributed by atoms with Gasteiger partial charge in [0.1, 0.15) is 5.75 Å². The third-order valence-corrected chi connectivity index (χ3v) is 5.40. The van der Waals surface area contributed by atoms with Crippen molar-refractivity contribution in [3.8, 4) is 5.75 Å². The first-order valence-corrected chi connectivity index (χ1v) is 10.3. The van der Waals surface area contributed by atoms with Gasteiger partial charge >= 0.3 is 0 Å². The number of para-hydroxylation sites is 2. The summed E-state index contributed by atoms with van der Waals surface area (Å²) in [5, 5.41) is 15.7. The number of nitrogens with zero attached hydrogens (tertiary/aromatic N) is 4. The zero-order valence-corrected chi connectivity index (χ0v) is 17.3. The number of rotatable bonds is 4. The standard InChI is InChI=1S/C23H26N4O3/c1-16(2)15-27-22(29)18-8-4-3-7-17(18)21(24-27)23(30)26-13-11-25(12-14-26)19-9-5-6-10-20(19)28/h3-10,16,28H,11-15H2,1-2H3. The second kappa shape index (κ2) is 8.18. The molecule has 2 heterocycles. The molecule has 156 valence electrons. The molecule has 0 unspecified atom stereocenters. The van der Waals surface area contributed by atoms with Crippen molar-refractivity contribution in [2.75, 3.05) is 31.1 Å². The van der Waals surface area contributed by atoms with E-state index in [1.165, 1.54) is 4.68 Å². The molecule has 1 fully saturated rings. The molecular formula is C23H26N4O3. The fourth-order valence-corrected chi connectivity index (χ4v) is 3.89. The first-order valence-electron chi connectivity index (χ1n) is 10.3. The fourth-order valence-electron chi connectivity index (χ4n) is 3.89. The SMILES string of the molecule is CC(C)Cn1nc(C(=O)N2CCN(c3ccccc3O)CC2)c2ccccc2c1=O. The van der Waals surface area contributed by atoms with Gasteiger partial charge in [-0.05, 0) is 24.1 Å². The molecule has 1 saturated heterocycles. The number of hydrogen-bond acceptors (Lipinski definition) is 5. The Labute approximate surface area is 175 Å². The lowest BCUT2D eigenvalue weighted by molar-refractivity contribution is 0.0740. The molecule has 0 aliphatic carbocycles. The highest BCUT2D eigenvalue weighted by Gasteiger charge is 2.26. The predicted octanol–water partition coefficient (Wildman–Crippen LogP) is 2.72. The summed E-state index contributed by atoms with van der Waals surface area (Å²) in [5.74, 6) is 0.313. The molecule has 0 spiro atoms. The molecule has 1 aromatic heterocycles. The van der Waals surface area contributed by atoms with Gasteiger partial charge in [-0.1, -0.05) is 44.2 Å². The Morgan fingerprint density at radius 1 is 1.00 bits per heavy atom. The summed E-state index contributed by atoms with van der Waals surface area (Å²) in [4.78, 5) is 30.0. The van der Waals surface area contributed by atoms with Crippen LogP contribution < -0.4 is 10.5 Å². The predicted molar refractivity (Wildman–Crippen MR) is 117 cm³/mol. The summed E-state index contributed by atoms with van der Waals surface area (Å²) in [6.07, 6.45) is 0. The minimum atomic E-state index is -0.166. The first-order chi connectivity index (χ1) is 14.5. The summed E-state index contributed by atoms with van der Waals surface area (Å²) in [6, 6.07) is 14.4. The van der Waals surface area contributed by atoms with Gasteiger partial charge in [0.2, 0.25) is 0 Å². The van der Waals surface area contributed by atoms with Gasteiger partial charge < -0.3 is 14.9 Å². The van der Waals surface area contributed by atoms with Gasteiger partial charge in [0.05, 0.1) is 11.1 Å². The highest BCUT2D eigenvalue weighted by molar-refractivity contribution is 6.04. The maximum Gasteiger partial charge on any atom is 0.275 e. The van der Waals surface area contributed by atoms with Gasteiger partial charge in [-0.3, -0.25) is 9.59 Å². The molecule has 0 atom stereocenters. The van der Waals surface area contributed by atoms with Gasteiger partial charge in [0.25, 0.3) is 11.5 Å². The fraction of sp³-hybridized carbons (Fsp3) is 0.348. The second-order valence-electron chi connectivity index (χ2n) is 8.04. The van der Waals surface area contributed by atoms with Crippen molar-refractivity contribution >= 4 is 22.4 Å². The van der Waals surface area contributed by atoms with Crippen LogP contribution in [0.5, 0.6) is 5.75 Å². The number of piperazine rings is 1. The lowest BCUT2D eigenvalue weighted by atomic mass is 10.1. The molecule has 4 rings (SSSR count). The Bertz CT molecular complexity index is 1130. The average molecular weight is 406 g/mol. The maximum atomic E-state index is 13.4. The zero-order chi connectivity index (χ0) is 21.3. The lowest BCUT2D eigenvalue weighted by Gasteiger charge is -2.36. The topological polar surface area (TPSA) is 78.7 Å². The molecule has 0 bridgehead atoms. The van der Waals surface area contributed by atoms with E-state index in [0.717, 1.165) is 5.69 Å². The molecule has 2 aromatic carbocycles. The number of aromatic hydroxyl groups is 1. The quantitative estimate of drug-likeness (QED) is 0.721. The smallest absolute Gasteiger partial charge is 0.275 e. The van der Waals surface area contributed by atoms with Gasteiger partial charge in [0, 0.05) is 38.1 Å². The highest BCUT2D eigenvalue weighted by atomic mass is 16.3. The number of phenolic OH excluding ortho intramolecular Hbond substituents is 1. The third-order valence-electron chi connectivity index (χ3n) is 5.40. The summed E-state index contributed by atoms with van der Waals surface area (Å²) in [6.45, 7) is 6.77. The molecule has 7 nitrogen and oxygen atoms in total. The van der Waals surface area contributed by atoms with E-state index in [9.17, 15) is 14.7 Å². The number of amides is 1. The molecule has 1 aliphatic rings. The molecule has 0 radical (unpaired) electrons. The van der Waals surface area contributed by atoms with Crippen LogP contribution >= 0.6 is 0 Å². The van der Waals surface area contributed by atoms with Crippen molar-refractivity contribution in [1.82, 2.24) is 14.7 Å². The van der Waals surface area contributed by atoms with E-state index in [-0.39, 0.29) is 23.1 Å². The van der Waals surface area contributed by atoms with E-state index in [1.54, 1.807) is 29.2 Å².